The summed E-state index contributed by atoms with van der Waals surface area (Å²) in [6, 6.07) is 0. The van der Waals surface area contributed by atoms with Crippen LogP contribution in [0.2, 0.25) is 0 Å². The van der Waals surface area contributed by atoms with Gasteiger partial charge in [0.1, 0.15) is 0 Å². The van der Waals surface area contributed by atoms with E-state index < -0.39 is 15.6 Å². The normalized spacial score (nSPS) is 12.4. The zero-order chi connectivity index (χ0) is 18.1. The van der Waals surface area contributed by atoms with E-state index in [0.29, 0.717) is 0 Å². The van der Waals surface area contributed by atoms with Gasteiger partial charge in [0, 0.05) is 0 Å². The molecule has 0 saturated carbocycles. The molecule has 0 aromatic carbocycles. The molecule has 145 valence electrons. The van der Waals surface area contributed by atoms with E-state index in [2.05, 4.69) is 18.1 Å². The van der Waals surface area contributed by atoms with Gasteiger partial charge in [-0.2, -0.15) is 0 Å². The molecule has 1 radical (unpaired) electrons. The van der Waals surface area contributed by atoms with Gasteiger partial charge < -0.3 is 27.9 Å². The second-order valence-corrected chi connectivity index (χ2v) is 8.14. The molecule has 0 aromatic heterocycles. The molecule has 0 aliphatic heterocycles. The van der Waals surface area contributed by atoms with Crippen LogP contribution in [0.3, 0.4) is 0 Å². The van der Waals surface area contributed by atoms with Crippen LogP contribution in [0, 0.1) is 0 Å². The summed E-state index contributed by atoms with van der Waals surface area (Å²) in [5, 5.41) is 0. The molecular weight excluding hydrogens is 398 g/mol. The molecule has 0 saturated heterocycles. The summed E-state index contributed by atoms with van der Waals surface area (Å²) in [5.41, 5.74) is 0. The van der Waals surface area contributed by atoms with Crippen LogP contribution < -0.4 is 9.79 Å². The summed E-state index contributed by atoms with van der Waals surface area (Å²) >= 11 is 0. The van der Waals surface area contributed by atoms with Crippen molar-refractivity contribution < 1.29 is 54.1 Å². The van der Waals surface area contributed by atoms with Crippen LogP contribution in [0.25, 0.3) is 0 Å². The zero-order valence-electron chi connectivity index (χ0n) is 14.8. The smallest absolute Gasteiger partial charge is 0.756 e. The van der Waals surface area contributed by atoms with Crippen molar-refractivity contribution in [2.24, 2.45) is 0 Å². The average molecular weight is 426 g/mol. The maximum Gasteiger partial charge on any atom is 2.00 e. The van der Waals surface area contributed by atoms with Crippen molar-refractivity contribution in [2.45, 2.75) is 79.8 Å². The van der Waals surface area contributed by atoms with Crippen molar-refractivity contribution >= 4 is 15.6 Å². The minimum absolute atomic E-state index is 0. The van der Waals surface area contributed by atoms with Gasteiger partial charge in [-0.1, -0.05) is 0 Å². The van der Waals surface area contributed by atoms with E-state index in [1.54, 1.807) is 55.4 Å². The third-order valence-corrected chi connectivity index (χ3v) is 4.08. The number of phosphoric acid groups is 2. The first-order valence-electron chi connectivity index (χ1n) is 7.02. The molecule has 0 spiro atoms. The first kappa shape index (κ1) is 28.5. The van der Waals surface area contributed by atoms with Gasteiger partial charge in [-0.05, 0) is 55.4 Å². The van der Waals surface area contributed by atoms with Gasteiger partial charge >= 0.3 is 17.1 Å². The molecule has 0 aliphatic rings. The maximum atomic E-state index is 10.8. The summed E-state index contributed by atoms with van der Waals surface area (Å²) in [6.07, 6.45) is -1.46. The van der Waals surface area contributed by atoms with Crippen molar-refractivity contribution in [3.8, 4) is 0 Å². The van der Waals surface area contributed by atoms with Crippen LogP contribution in [-0.4, -0.2) is 24.4 Å². The predicted octanol–water partition coefficient (Wildman–Crippen LogP) is 2.61. The van der Waals surface area contributed by atoms with E-state index in [9.17, 15) is 18.9 Å². The third-order valence-electron chi connectivity index (χ3n) is 1.36. The van der Waals surface area contributed by atoms with Gasteiger partial charge in [-0.15, -0.1) is 0 Å². The van der Waals surface area contributed by atoms with E-state index in [-0.39, 0.29) is 41.5 Å². The van der Waals surface area contributed by atoms with Crippen LogP contribution in [0.15, 0.2) is 0 Å². The van der Waals surface area contributed by atoms with Crippen molar-refractivity contribution in [3.05, 3.63) is 0 Å². The van der Waals surface area contributed by atoms with E-state index in [1.807, 2.05) is 0 Å². The summed E-state index contributed by atoms with van der Waals surface area (Å²) in [4.78, 5) is 21.7. The molecule has 0 heterocycles. The van der Waals surface area contributed by atoms with E-state index in [1.165, 1.54) is 0 Å². The van der Waals surface area contributed by atoms with E-state index in [0.717, 1.165) is 0 Å². The number of hydrogen-bond donors (Lipinski definition) is 0. The zero-order valence-corrected chi connectivity index (χ0v) is 17.5. The molecular formula is C12H28CuO8P2. The van der Waals surface area contributed by atoms with Crippen LogP contribution >= 0.6 is 15.6 Å². The quantitative estimate of drug-likeness (QED) is 0.430. The molecule has 0 aliphatic carbocycles. The predicted molar refractivity (Wildman–Crippen MR) is 80.1 cm³/mol. The van der Waals surface area contributed by atoms with E-state index >= 15 is 0 Å². The van der Waals surface area contributed by atoms with Gasteiger partial charge in [-0.25, -0.2) is 0 Å². The minimum atomic E-state index is -4.05. The topological polar surface area (TPSA) is 117 Å². The van der Waals surface area contributed by atoms with Gasteiger partial charge in [0.2, 0.25) is 0 Å². The molecule has 0 unspecified atom stereocenters. The average Bonchev–Trinajstić information content (AvgIpc) is 2.06. The Morgan fingerprint density at radius 2 is 0.696 bits per heavy atom. The van der Waals surface area contributed by atoms with Gasteiger partial charge in [-0.3, -0.25) is 9.13 Å². The van der Waals surface area contributed by atoms with Crippen LogP contribution in [0.4, 0.5) is 0 Å². The van der Waals surface area contributed by atoms with Crippen molar-refractivity contribution in [3.63, 3.8) is 0 Å². The maximum absolute atomic E-state index is 10.8. The molecule has 0 amide bonds. The molecule has 8 nitrogen and oxygen atoms in total. The standard InChI is InChI=1S/2C6H15O4P.Cu/c2*1-5(2)9-11(7,8)10-6(3)4;/h2*5-6H,1-4H3,(H,7,8);/q;;+2/p-2. The van der Waals surface area contributed by atoms with Crippen LogP contribution in [0.5, 0.6) is 0 Å². The van der Waals surface area contributed by atoms with Gasteiger partial charge in [0.15, 0.2) is 0 Å². The Hall–Kier alpha value is 0.739. The fourth-order valence-electron chi connectivity index (χ4n) is 1.08. The number of hydrogen-bond acceptors (Lipinski definition) is 8. The largest absolute Gasteiger partial charge is 2.00 e. The number of phosphoric ester groups is 2. The Morgan fingerprint density at radius 3 is 0.783 bits per heavy atom. The Labute approximate surface area is 149 Å². The molecule has 0 atom stereocenters. The monoisotopic (exact) mass is 425 g/mol. The Bertz CT molecular complexity index is 323. The van der Waals surface area contributed by atoms with Crippen LogP contribution in [0.1, 0.15) is 55.4 Å². The minimum Gasteiger partial charge on any atom is -0.756 e. The summed E-state index contributed by atoms with van der Waals surface area (Å²) in [6.45, 7) is 13.1. The van der Waals surface area contributed by atoms with Gasteiger partial charge in [0.05, 0.1) is 24.4 Å². The summed E-state index contributed by atoms with van der Waals surface area (Å²) < 4.78 is 39.8. The molecule has 11 heteroatoms. The Morgan fingerprint density at radius 1 is 0.565 bits per heavy atom. The summed E-state index contributed by atoms with van der Waals surface area (Å²) in [5.74, 6) is 0. The fourth-order valence-corrected chi connectivity index (χ4v) is 3.25. The second-order valence-electron chi connectivity index (χ2n) is 5.51. The molecule has 0 aromatic rings. The third kappa shape index (κ3) is 22.7. The Balaban J connectivity index is -0.000000333. The SMILES string of the molecule is CC(C)OP(=O)([O-])OC(C)C.CC(C)OP(=O)([O-])OC(C)C.[Cu+2]. The second kappa shape index (κ2) is 13.0. The molecule has 0 fully saturated rings. The molecule has 0 N–H and O–H groups in total. The summed E-state index contributed by atoms with van der Waals surface area (Å²) in [7, 11) is -8.11. The van der Waals surface area contributed by atoms with Gasteiger partial charge in [0.25, 0.3) is 15.6 Å². The molecule has 0 bridgehead atoms. The van der Waals surface area contributed by atoms with Crippen molar-refractivity contribution in [2.75, 3.05) is 0 Å². The Kier molecular flexibility index (Phi) is 16.1. The number of rotatable bonds is 8. The first-order chi connectivity index (χ1) is 9.67. The molecule has 23 heavy (non-hydrogen) atoms. The fraction of sp³-hybridized carbons (Fsp3) is 1.00. The van der Waals surface area contributed by atoms with Crippen molar-refractivity contribution in [1.29, 1.82) is 0 Å². The molecule has 0 rings (SSSR count). The first-order valence-corrected chi connectivity index (χ1v) is 9.94. The van der Waals surface area contributed by atoms with E-state index in [4.69, 9.17) is 0 Å². The van der Waals surface area contributed by atoms with Crippen molar-refractivity contribution in [1.82, 2.24) is 0 Å². The van der Waals surface area contributed by atoms with Crippen LogP contribution in [-0.2, 0) is 44.3 Å².